The lowest BCUT2D eigenvalue weighted by Gasteiger charge is -2.37. The Hall–Kier alpha value is -2.42. The lowest BCUT2D eigenvalue weighted by atomic mass is 9.67. The summed E-state index contributed by atoms with van der Waals surface area (Å²) in [7, 11) is 0. The summed E-state index contributed by atoms with van der Waals surface area (Å²) < 4.78 is 0. The summed E-state index contributed by atoms with van der Waals surface area (Å²) in [6, 6.07) is 28.3. The van der Waals surface area contributed by atoms with E-state index in [1.165, 1.54) is 0 Å². The minimum absolute atomic E-state index is 0.00960. The highest BCUT2D eigenvalue weighted by atomic mass is 16.3. The Morgan fingerprint density at radius 2 is 0.846 bits per heavy atom. The first-order valence-corrected chi connectivity index (χ1v) is 8.99. The number of aliphatic hydroxyl groups is 2. The van der Waals surface area contributed by atoms with Gasteiger partial charge in [-0.05, 0) is 36.1 Å². The fourth-order valence-corrected chi connectivity index (χ4v) is 3.72. The molecule has 2 N–H and O–H groups in total. The predicted octanol–water partition coefficient (Wildman–Crippen LogP) is 4.28. The van der Waals surface area contributed by atoms with Crippen molar-refractivity contribution in [3.63, 3.8) is 0 Å². The Kier molecular flexibility index (Phi) is 5.26. The third kappa shape index (κ3) is 3.07. The van der Waals surface area contributed by atoms with Crippen LogP contribution in [0.15, 0.2) is 84.9 Å². The molecule has 0 aromatic heterocycles. The zero-order valence-corrected chi connectivity index (χ0v) is 15.4. The summed E-state index contributed by atoms with van der Waals surface area (Å²) in [6.45, 7) is 4.10. The molecule has 0 amide bonds. The van der Waals surface area contributed by atoms with Crippen molar-refractivity contribution in [2.75, 3.05) is 13.2 Å². The molecule has 0 fully saturated rings. The SMILES string of the molecule is CC(CO)(c1ccccc1)c1ccccc1C(C)(CO)c1ccccc1. The van der Waals surface area contributed by atoms with Crippen molar-refractivity contribution in [3.05, 3.63) is 107 Å². The lowest BCUT2D eigenvalue weighted by molar-refractivity contribution is 0.217. The minimum atomic E-state index is -0.553. The third-order valence-electron chi connectivity index (χ3n) is 5.57. The van der Waals surface area contributed by atoms with E-state index in [9.17, 15) is 10.2 Å². The number of hydrogen-bond acceptors (Lipinski definition) is 2. The maximum Gasteiger partial charge on any atom is 0.0566 e. The topological polar surface area (TPSA) is 40.5 Å². The van der Waals surface area contributed by atoms with Crippen molar-refractivity contribution in [3.8, 4) is 0 Å². The largest absolute Gasteiger partial charge is 0.395 e. The molecule has 0 spiro atoms. The molecule has 0 saturated carbocycles. The molecule has 0 aliphatic rings. The molecule has 3 rings (SSSR count). The van der Waals surface area contributed by atoms with Crippen LogP contribution < -0.4 is 0 Å². The van der Waals surface area contributed by atoms with Gasteiger partial charge in [0.2, 0.25) is 0 Å². The Morgan fingerprint density at radius 1 is 0.538 bits per heavy atom. The van der Waals surface area contributed by atoms with Gasteiger partial charge in [0.15, 0.2) is 0 Å². The first-order valence-electron chi connectivity index (χ1n) is 8.99. The van der Waals surface area contributed by atoms with E-state index in [0.717, 1.165) is 22.3 Å². The van der Waals surface area contributed by atoms with Crippen LogP contribution in [0.1, 0.15) is 36.1 Å². The molecular formula is C24H26O2. The molecule has 3 aromatic carbocycles. The zero-order valence-electron chi connectivity index (χ0n) is 15.4. The van der Waals surface area contributed by atoms with E-state index in [4.69, 9.17) is 0 Å². The van der Waals surface area contributed by atoms with Gasteiger partial charge < -0.3 is 10.2 Å². The van der Waals surface area contributed by atoms with Crippen LogP contribution in [0.2, 0.25) is 0 Å². The molecule has 0 aliphatic heterocycles. The van der Waals surface area contributed by atoms with Crippen LogP contribution in [0.5, 0.6) is 0 Å². The van der Waals surface area contributed by atoms with Gasteiger partial charge in [0.25, 0.3) is 0 Å². The van der Waals surface area contributed by atoms with Crippen molar-refractivity contribution >= 4 is 0 Å². The van der Waals surface area contributed by atoms with E-state index >= 15 is 0 Å². The summed E-state index contributed by atoms with van der Waals surface area (Å²) in [5, 5.41) is 20.7. The fraction of sp³-hybridized carbons (Fsp3) is 0.250. The standard InChI is InChI=1S/C24H26O2/c1-23(17-25,19-11-5-3-6-12-19)21-15-9-10-16-22(21)24(2,18-26)20-13-7-4-8-14-20/h3-16,25-26H,17-18H2,1-2H3. The molecule has 2 unspecified atom stereocenters. The van der Waals surface area contributed by atoms with Crippen molar-refractivity contribution in [1.82, 2.24) is 0 Å². The van der Waals surface area contributed by atoms with Gasteiger partial charge in [-0.2, -0.15) is 0 Å². The second-order valence-corrected chi connectivity index (χ2v) is 7.26. The Bertz CT molecular complexity index is 772. The molecule has 0 radical (unpaired) electrons. The molecule has 2 nitrogen and oxygen atoms in total. The van der Waals surface area contributed by atoms with E-state index in [0.29, 0.717) is 0 Å². The smallest absolute Gasteiger partial charge is 0.0566 e. The van der Waals surface area contributed by atoms with Crippen molar-refractivity contribution < 1.29 is 10.2 Å². The fourth-order valence-electron chi connectivity index (χ4n) is 3.72. The average Bonchev–Trinajstić information content (AvgIpc) is 2.74. The van der Waals surface area contributed by atoms with Crippen LogP contribution in [0.3, 0.4) is 0 Å². The second kappa shape index (κ2) is 7.45. The van der Waals surface area contributed by atoms with Crippen LogP contribution in [0.25, 0.3) is 0 Å². The van der Waals surface area contributed by atoms with Crippen molar-refractivity contribution in [1.29, 1.82) is 0 Å². The van der Waals surface area contributed by atoms with Crippen LogP contribution in [-0.2, 0) is 10.8 Å². The maximum absolute atomic E-state index is 10.4. The molecule has 0 heterocycles. The third-order valence-corrected chi connectivity index (χ3v) is 5.57. The summed E-state index contributed by atoms with van der Waals surface area (Å²) in [6.07, 6.45) is 0. The normalized spacial score (nSPS) is 15.8. The molecule has 0 aliphatic carbocycles. The number of rotatable bonds is 6. The Balaban J connectivity index is 2.23. The molecule has 2 atom stereocenters. The molecule has 26 heavy (non-hydrogen) atoms. The van der Waals surface area contributed by atoms with Crippen molar-refractivity contribution in [2.24, 2.45) is 0 Å². The second-order valence-electron chi connectivity index (χ2n) is 7.26. The molecular weight excluding hydrogens is 320 g/mol. The highest BCUT2D eigenvalue weighted by Crippen LogP contribution is 2.41. The van der Waals surface area contributed by atoms with Gasteiger partial charge in [0.1, 0.15) is 0 Å². The van der Waals surface area contributed by atoms with E-state index in [1.54, 1.807) is 0 Å². The summed E-state index contributed by atoms with van der Waals surface area (Å²) in [4.78, 5) is 0. The van der Waals surface area contributed by atoms with Crippen LogP contribution in [0.4, 0.5) is 0 Å². The van der Waals surface area contributed by atoms with E-state index < -0.39 is 10.8 Å². The minimum Gasteiger partial charge on any atom is -0.395 e. The highest BCUT2D eigenvalue weighted by Gasteiger charge is 2.37. The average molecular weight is 346 g/mol. The lowest BCUT2D eigenvalue weighted by Crippen LogP contribution is -2.36. The highest BCUT2D eigenvalue weighted by molar-refractivity contribution is 5.50. The van der Waals surface area contributed by atoms with Crippen LogP contribution in [-0.4, -0.2) is 23.4 Å². The monoisotopic (exact) mass is 346 g/mol. The number of benzene rings is 3. The predicted molar refractivity (Wildman–Crippen MR) is 106 cm³/mol. The summed E-state index contributed by atoms with van der Waals surface area (Å²) >= 11 is 0. The number of aliphatic hydroxyl groups excluding tert-OH is 2. The summed E-state index contributed by atoms with van der Waals surface area (Å²) in [5.41, 5.74) is 3.08. The quantitative estimate of drug-likeness (QED) is 0.699. The van der Waals surface area contributed by atoms with Gasteiger partial charge in [-0.25, -0.2) is 0 Å². The van der Waals surface area contributed by atoms with Gasteiger partial charge in [0, 0.05) is 10.8 Å². The summed E-state index contributed by atoms with van der Waals surface area (Å²) in [5.74, 6) is 0. The number of hydrogen-bond donors (Lipinski definition) is 2. The first-order chi connectivity index (χ1) is 12.6. The maximum atomic E-state index is 10.4. The van der Waals surface area contributed by atoms with Gasteiger partial charge in [0.05, 0.1) is 13.2 Å². The zero-order chi connectivity index (χ0) is 18.6. The Labute approximate surface area is 155 Å². The molecule has 2 heteroatoms. The molecule has 0 saturated heterocycles. The first kappa shape index (κ1) is 18.4. The molecule has 3 aromatic rings. The molecule has 0 bridgehead atoms. The van der Waals surface area contributed by atoms with E-state index in [1.807, 2.05) is 72.8 Å². The van der Waals surface area contributed by atoms with E-state index in [-0.39, 0.29) is 13.2 Å². The van der Waals surface area contributed by atoms with Gasteiger partial charge >= 0.3 is 0 Å². The van der Waals surface area contributed by atoms with E-state index in [2.05, 4.69) is 26.0 Å². The van der Waals surface area contributed by atoms with Gasteiger partial charge in [-0.15, -0.1) is 0 Å². The van der Waals surface area contributed by atoms with Crippen molar-refractivity contribution in [2.45, 2.75) is 24.7 Å². The van der Waals surface area contributed by atoms with Crippen LogP contribution in [0, 0.1) is 0 Å². The van der Waals surface area contributed by atoms with Gasteiger partial charge in [-0.1, -0.05) is 84.9 Å². The van der Waals surface area contributed by atoms with Crippen LogP contribution >= 0.6 is 0 Å². The molecule has 134 valence electrons. The Morgan fingerprint density at radius 3 is 1.15 bits per heavy atom. The van der Waals surface area contributed by atoms with Gasteiger partial charge in [-0.3, -0.25) is 0 Å².